The van der Waals surface area contributed by atoms with E-state index < -0.39 is 0 Å². The minimum atomic E-state index is 0.131. The number of benzene rings is 1. The molecule has 0 aliphatic rings. The van der Waals surface area contributed by atoms with Crippen LogP contribution in [0.15, 0.2) is 47.6 Å². The van der Waals surface area contributed by atoms with Crippen LogP contribution < -0.4 is 15.4 Å². The number of hydrogen-bond donors (Lipinski definition) is 2. The molecule has 0 aliphatic carbocycles. The third kappa shape index (κ3) is 5.91. The van der Waals surface area contributed by atoms with Crippen molar-refractivity contribution in [1.29, 1.82) is 0 Å². The zero-order valence-corrected chi connectivity index (χ0v) is 14.8. The number of pyridine rings is 1. The summed E-state index contributed by atoms with van der Waals surface area (Å²) < 4.78 is 5.55. The van der Waals surface area contributed by atoms with Crippen molar-refractivity contribution < 1.29 is 4.74 Å². The fourth-order valence-electron chi connectivity index (χ4n) is 2.24. The van der Waals surface area contributed by atoms with Gasteiger partial charge in [0, 0.05) is 32.4 Å². The Morgan fingerprint density at radius 3 is 2.46 bits per heavy atom. The Kier molecular flexibility index (Phi) is 6.61. The zero-order valence-electron chi connectivity index (χ0n) is 14.8. The lowest BCUT2D eigenvalue weighted by Gasteiger charge is -2.13. The number of nitrogens with one attached hydrogen (secondary N) is 2. The number of aliphatic imine (C=N–C) groups is 1. The summed E-state index contributed by atoms with van der Waals surface area (Å²) in [7, 11) is 1.77. The van der Waals surface area contributed by atoms with Crippen LogP contribution in [-0.4, -0.2) is 24.1 Å². The fraction of sp³-hybridized carbons (Fsp3) is 0.368. The number of guanidine groups is 1. The maximum absolute atomic E-state index is 5.55. The van der Waals surface area contributed by atoms with Crippen molar-refractivity contribution in [3.63, 3.8) is 0 Å². The molecule has 0 spiro atoms. The topological polar surface area (TPSA) is 58.5 Å². The molecule has 24 heavy (non-hydrogen) atoms. The van der Waals surface area contributed by atoms with Crippen LogP contribution in [0.2, 0.25) is 0 Å². The van der Waals surface area contributed by atoms with Gasteiger partial charge in [0.25, 0.3) is 0 Å². The summed E-state index contributed by atoms with van der Waals surface area (Å²) >= 11 is 0. The van der Waals surface area contributed by atoms with E-state index >= 15 is 0 Å². The van der Waals surface area contributed by atoms with Crippen LogP contribution in [0.3, 0.4) is 0 Å². The molecule has 128 valence electrons. The monoisotopic (exact) mass is 326 g/mol. The van der Waals surface area contributed by atoms with Crippen molar-refractivity contribution in [1.82, 2.24) is 15.6 Å². The van der Waals surface area contributed by atoms with Gasteiger partial charge in [-0.15, -0.1) is 0 Å². The molecule has 2 N–H and O–H groups in total. The number of ether oxygens (including phenoxy) is 1. The molecule has 0 saturated heterocycles. The lowest BCUT2D eigenvalue weighted by molar-refractivity contribution is 0.232. The Morgan fingerprint density at radius 2 is 1.88 bits per heavy atom. The Labute approximate surface area is 144 Å². The van der Waals surface area contributed by atoms with Crippen molar-refractivity contribution >= 4 is 5.96 Å². The van der Waals surface area contributed by atoms with E-state index in [0.717, 1.165) is 18.1 Å². The van der Waals surface area contributed by atoms with Gasteiger partial charge >= 0.3 is 0 Å². The Hall–Kier alpha value is -2.56. The average Bonchev–Trinajstić information content (AvgIpc) is 2.56. The first-order chi connectivity index (χ1) is 11.6. The molecule has 5 heteroatoms. The molecule has 0 atom stereocenters. The molecule has 2 aromatic rings. The normalized spacial score (nSPS) is 11.5. The second-order valence-electron chi connectivity index (χ2n) is 5.94. The standard InChI is InChI=1S/C19H26N4O/c1-14(2)24-18-9-8-17(12-21-18)13-23-19(20-4)22-11-16-7-5-6-15(3)10-16/h5-10,12,14H,11,13H2,1-4H3,(H2,20,22,23). The summed E-state index contributed by atoms with van der Waals surface area (Å²) in [6.45, 7) is 7.46. The highest BCUT2D eigenvalue weighted by molar-refractivity contribution is 5.79. The summed E-state index contributed by atoms with van der Waals surface area (Å²) in [5, 5.41) is 6.60. The Balaban J connectivity index is 1.83. The maximum Gasteiger partial charge on any atom is 0.213 e. The second-order valence-corrected chi connectivity index (χ2v) is 5.94. The van der Waals surface area contributed by atoms with Crippen molar-refractivity contribution in [3.8, 4) is 5.88 Å². The highest BCUT2D eigenvalue weighted by atomic mass is 16.5. The lowest BCUT2D eigenvalue weighted by atomic mass is 10.1. The quantitative estimate of drug-likeness (QED) is 0.633. The van der Waals surface area contributed by atoms with Crippen LogP contribution in [0.5, 0.6) is 5.88 Å². The van der Waals surface area contributed by atoms with Gasteiger partial charge in [-0.3, -0.25) is 4.99 Å². The van der Waals surface area contributed by atoms with Crippen LogP contribution in [0, 0.1) is 6.92 Å². The van der Waals surface area contributed by atoms with Crippen LogP contribution in [0.1, 0.15) is 30.5 Å². The van der Waals surface area contributed by atoms with E-state index in [9.17, 15) is 0 Å². The molecule has 1 aromatic heterocycles. The first kappa shape index (κ1) is 17.8. The van der Waals surface area contributed by atoms with E-state index in [0.29, 0.717) is 12.4 Å². The molecule has 1 aromatic carbocycles. The van der Waals surface area contributed by atoms with E-state index in [4.69, 9.17) is 4.74 Å². The molecule has 0 aliphatic heterocycles. The number of hydrogen-bond acceptors (Lipinski definition) is 3. The summed E-state index contributed by atoms with van der Waals surface area (Å²) in [4.78, 5) is 8.55. The van der Waals surface area contributed by atoms with Crippen LogP contribution in [-0.2, 0) is 13.1 Å². The third-order valence-corrected chi connectivity index (χ3v) is 3.38. The van der Waals surface area contributed by atoms with Crippen molar-refractivity contribution in [2.75, 3.05) is 7.05 Å². The summed E-state index contributed by atoms with van der Waals surface area (Å²) in [5.41, 5.74) is 3.56. The van der Waals surface area contributed by atoms with Gasteiger partial charge in [0.2, 0.25) is 5.88 Å². The molecule has 0 unspecified atom stereocenters. The number of aromatic nitrogens is 1. The molecule has 0 fully saturated rings. The smallest absolute Gasteiger partial charge is 0.213 e. The molecule has 0 radical (unpaired) electrons. The second kappa shape index (κ2) is 8.91. The third-order valence-electron chi connectivity index (χ3n) is 3.38. The van der Waals surface area contributed by atoms with Crippen LogP contribution >= 0.6 is 0 Å². The highest BCUT2D eigenvalue weighted by Crippen LogP contribution is 2.09. The van der Waals surface area contributed by atoms with Gasteiger partial charge in [0.1, 0.15) is 0 Å². The van der Waals surface area contributed by atoms with Gasteiger partial charge in [-0.1, -0.05) is 35.9 Å². The van der Waals surface area contributed by atoms with Crippen LogP contribution in [0.4, 0.5) is 0 Å². The molecular formula is C19H26N4O. The molecule has 0 bridgehead atoms. The molecule has 0 saturated carbocycles. The molecule has 1 heterocycles. The van der Waals surface area contributed by atoms with E-state index in [1.54, 1.807) is 7.05 Å². The van der Waals surface area contributed by atoms with E-state index in [1.807, 2.05) is 32.2 Å². The molecule has 5 nitrogen and oxygen atoms in total. The van der Waals surface area contributed by atoms with Gasteiger partial charge in [-0.25, -0.2) is 4.98 Å². The first-order valence-electron chi connectivity index (χ1n) is 8.18. The van der Waals surface area contributed by atoms with E-state index in [-0.39, 0.29) is 6.10 Å². The highest BCUT2D eigenvalue weighted by Gasteiger charge is 2.02. The minimum absolute atomic E-state index is 0.131. The Bertz CT molecular complexity index is 665. The molecule has 0 amide bonds. The predicted octanol–water partition coefficient (Wildman–Crippen LogP) is 3.04. The Morgan fingerprint density at radius 1 is 1.12 bits per heavy atom. The van der Waals surface area contributed by atoms with Gasteiger partial charge in [0.15, 0.2) is 5.96 Å². The molecule has 2 rings (SSSR count). The van der Waals surface area contributed by atoms with Gasteiger partial charge < -0.3 is 15.4 Å². The molecular weight excluding hydrogens is 300 g/mol. The number of aryl methyl sites for hydroxylation is 1. The summed E-state index contributed by atoms with van der Waals surface area (Å²) in [6, 6.07) is 12.3. The SMILES string of the molecule is CN=C(NCc1ccc(OC(C)C)nc1)NCc1cccc(C)c1. The van der Waals surface area contributed by atoms with Gasteiger partial charge in [0.05, 0.1) is 6.10 Å². The zero-order chi connectivity index (χ0) is 17.4. The summed E-state index contributed by atoms with van der Waals surface area (Å²) in [6.07, 6.45) is 1.95. The summed E-state index contributed by atoms with van der Waals surface area (Å²) in [5.74, 6) is 1.41. The number of nitrogens with zero attached hydrogens (tertiary/aromatic N) is 2. The average molecular weight is 326 g/mol. The van der Waals surface area contributed by atoms with Gasteiger partial charge in [-0.2, -0.15) is 0 Å². The number of rotatable bonds is 6. The fourth-order valence-corrected chi connectivity index (χ4v) is 2.24. The lowest BCUT2D eigenvalue weighted by Crippen LogP contribution is -2.36. The van der Waals surface area contributed by atoms with Gasteiger partial charge in [-0.05, 0) is 31.9 Å². The van der Waals surface area contributed by atoms with Crippen molar-refractivity contribution in [2.24, 2.45) is 4.99 Å². The predicted molar refractivity (Wildman–Crippen MR) is 98.2 cm³/mol. The van der Waals surface area contributed by atoms with Crippen molar-refractivity contribution in [2.45, 2.75) is 40.0 Å². The van der Waals surface area contributed by atoms with Crippen LogP contribution in [0.25, 0.3) is 0 Å². The van der Waals surface area contributed by atoms with E-state index in [1.165, 1.54) is 11.1 Å². The first-order valence-corrected chi connectivity index (χ1v) is 8.18. The van der Waals surface area contributed by atoms with E-state index in [2.05, 4.69) is 51.8 Å². The largest absolute Gasteiger partial charge is 0.475 e. The van der Waals surface area contributed by atoms with Crippen molar-refractivity contribution in [3.05, 3.63) is 59.3 Å². The minimum Gasteiger partial charge on any atom is -0.475 e. The maximum atomic E-state index is 5.55.